The van der Waals surface area contributed by atoms with E-state index in [-0.39, 0.29) is 22.4 Å². The van der Waals surface area contributed by atoms with Gasteiger partial charge >= 0.3 is 0 Å². The third-order valence-electron chi connectivity index (χ3n) is 2.85. The van der Waals surface area contributed by atoms with Crippen molar-refractivity contribution in [1.82, 2.24) is 9.88 Å². The molecule has 0 radical (unpaired) electrons. The van der Waals surface area contributed by atoms with Gasteiger partial charge in [-0.3, -0.25) is 14.9 Å². The summed E-state index contributed by atoms with van der Waals surface area (Å²) < 4.78 is 0. The molecule has 1 amide bonds. The van der Waals surface area contributed by atoms with E-state index in [0.29, 0.717) is 0 Å². The lowest BCUT2D eigenvalue weighted by Crippen LogP contribution is -2.35. The molecule has 1 atom stereocenters. The molecule has 0 bridgehead atoms. The number of carbonyl (C=O) groups is 1. The zero-order valence-corrected chi connectivity index (χ0v) is 11.1. The largest absolute Gasteiger partial charge is 0.339 e. The summed E-state index contributed by atoms with van der Waals surface area (Å²) in [6, 6.07) is 1.21. The van der Waals surface area contributed by atoms with Crippen LogP contribution in [0.2, 0.25) is 5.15 Å². The van der Waals surface area contributed by atoms with Crippen molar-refractivity contribution in [2.75, 3.05) is 7.05 Å². The number of aromatic nitrogens is 1. The van der Waals surface area contributed by atoms with Gasteiger partial charge in [-0.1, -0.05) is 18.5 Å². The minimum atomic E-state index is -0.638. The highest BCUT2D eigenvalue weighted by molar-refractivity contribution is 6.29. The van der Waals surface area contributed by atoms with Gasteiger partial charge in [-0.05, 0) is 19.4 Å². The van der Waals surface area contributed by atoms with Crippen molar-refractivity contribution in [3.63, 3.8) is 0 Å². The van der Waals surface area contributed by atoms with Crippen LogP contribution in [0.3, 0.4) is 0 Å². The second-order valence-corrected chi connectivity index (χ2v) is 4.34. The van der Waals surface area contributed by atoms with Crippen molar-refractivity contribution in [3.8, 4) is 0 Å². The predicted molar refractivity (Wildman–Crippen MR) is 67.7 cm³/mol. The molecule has 0 saturated carbocycles. The highest BCUT2D eigenvalue weighted by Gasteiger charge is 2.25. The van der Waals surface area contributed by atoms with Crippen LogP contribution in [0.15, 0.2) is 12.3 Å². The number of amides is 1. The molecule has 0 aliphatic carbocycles. The Morgan fingerprint density at radius 2 is 2.28 bits per heavy atom. The van der Waals surface area contributed by atoms with Crippen LogP contribution in [-0.2, 0) is 0 Å². The number of rotatable bonds is 4. The van der Waals surface area contributed by atoms with E-state index in [9.17, 15) is 14.9 Å². The molecule has 7 heteroatoms. The Hall–Kier alpha value is -1.69. The number of hydrogen-bond donors (Lipinski definition) is 0. The Morgan fingerprint density at radius 3 is 2.78 bits per heavy atom. The lowest BCUT2D eigenvalue weighted by molar-refractivity contribution is -0.385. The molecule has 1 rings (SSSR count). The van der Waals surface area contributed by atoms with Crippen molar-refractivity contribution in [3.05, 3.63) is 33.1 Å². The molecule has 18 heavy (non-hydrogen) atoms. The fraction of sp³-hybridized carbons (Fsp3) is 0.455. The molecule has 1 unspecified atom stereocenters. The molecule has 1 heterocycles. The number of nitro groups is 1. The van der Waals surface area contributed by atoms with Gasteiger partial charge in [-0.25, -0.2) is 4.98 Å². The summed E-state index contributed by atoms with van der Waals surface area (Å²) in [6.45, 7) is 3.80. The van der Waals surface area contributed by atoms with E-state index in [1.165, 1.54) is 11.0 Å². The van der Waals surface area contributed by atoms with Gasteiger partial charge in [-0.15, -0.1) is 0 Å². The number of halogens is 1. The third kappa shape index (κ3) is 2.95. The minimum absolute atomic E-state index is 0.0101. The zero-order chi connectivity index (χ0) is 13.9. The monoisotopic (exact) mass is 271 g/mol. The van der Waals surface area contributed by atoms with Crippen LogP contribution in [-0.4, -0.2) is 33.8 Å². The Kier molecular flexibility index (Phi) is 4.61. The highest BCUT2D eigenvalue weighted by atomic mass is 35.5. The predicted octanol–water partition coefficient (Wildman–Crippen LogP) is 2.51. The van der Waals surface area contributed by atoms with E-state index in [0.717, 1.165) is 12.6 Å². The molecule has 0 aromatic carbocycles. The average Bonchev–Trinajstić information content (AvgIpc) is 2.35. The first kappa shape index (κ1) is 14.4. The summed E-state index contributed by atoms with van der Waals surface area (Å²) in [6.07, 6.45) is 1.76. The van der Waals surface area contributed by atoms with Crippen molar-refractivity contribution < 1.29 is 9.72 Å². The SMILES string of the molecule is CCC(C)N(C)C(=O)c1cc(Cl)ncc1[N+](=O)[O-]. The minimum Gasteiger partial charge on any atom is -0.339 e. The summed E-state index contributed by atoms with van der Waals surface area (Å²) in [5.74, 6) is -0.430. The third-order valence-corrected chi connectivity index (χ3v) is 3.06. The first-order chi connectivity index (χ1) is 8.38. The first-order valence-corrected chi connectivity index (χ1v) is 5.83. The molecular formula is C11H14ClN3O3. The molecule has 98 valence electrons. The number of hydrogen-bond acceptors (Lipinski definition) is 4. The molecule has 0 N–H and O–H groups in total. The van der Waals surface area contributed by atoms with Crippen LogP contribution in [0.4, 0.5) is 5.69 Å². The van der Waals surface area contributed by atoms with Crippen LogP contribution in [0, 0.1) is 10.1 Å². The van der Waals surface area contributed by atoms with Crippen LogP contribution < -0.4 is 0 Å². The van der Waals surface area contributed by atoms with Crippen LogP contribution in [0.5, 0.6) is 0 Å². The molecule has 0 saturated heterocycles. The maximum Gasteiger partial charge on any atom is 0.300 e. The second kappa shape index (κ2) is 5.77. The highest BCUT2D eigenvalue weighted by Crippen LogP contribution is 2.22. The Morgan fingerprint density at radius 1 is 1.67 bits per heavy atom. The quantitative estimate of drug-likeness (QED) is 0.479. The average molecular weight is 272 g/mol. The number of nitrogens with zero attached hydrogens (tertiary/aromatic N) is 3. The molecule has 0 aliphatic rings. The van der Waals surface area contributed by atoms with Crippen LogP contribution in [0.25, 0.3) is 0 Å². The normalized spacial score (nSPS) is 12.0. The van der Waals surface area contributed by atoms with Gasteiger partial charge in [0.05, 0.1) is 4.92 Å². The number of carbonyl (C=O) groups excluding carboxylic acids is 1. The molecule has 0 fully saturated rings. The van der Waals surface area contributed by atoms with Gasteiger partial charge in [0.15, 0.2) is 0 Å². The summed E-state index contributed by atoms with van der Waals surface area (Å²) >= 11 is 5.68. The fourth-order valence-electron chi connectivity index (χ4n) is 1.40. The van der Waals surface area contributed by atoms with Gasteiger partial charge in [0.2, 0.25) is 0 Å². The van der Waals surface area contributed by atoms with E-state index >= 15 is 0 Å². The maximum atomic E-state index is 12.2. The smallest absolute Gasteiger partial charge is 0.300 e. The summed E-state index contributed by atoms with van der Waals surface area (Å²) in [5.41, 5.74) is -0.373. The fourth-order valence-corrected chi connectivity index (χ4v) is 1.56. The molecule has 1 aromatic rings. The van der Waals surface area contributed by atoms with Crippen molar-refractivity contribution in [2.24, 2.45) is 0 Å². The Labute approximate surface area is 110 Å². The molecule has 0 aliphatic heterocycles. The topological polar surface area (TPSA) is 76.3 Å². The van der Waals surface area contributed by atoms with E-state index < -0.39 is 10.8 Å². The molecular weight excluding hydrogens is 258 g/mol. The van der Waals surface area contributed by atoms with Crippen molar-refractivity contribution in [1.29, 1.82) is 0 Å². The van der Waals surface area contributed by atoms with Gasteiger partial charge in [0.25, 0.3) is 11.6 Å². The van der Waals surface area contributed by atoms with E-state index in [2.05, 4.69) is 4.98 Å². The summed E-state index contributed by atoms with van der Waals surface area (Å²) in [5, 5.41) is 10.9. The summed E-state index contributed by atoms with van der Waals surface area (Å²) in [7, 11) is 1.61. The van der Waals surface area contributed by atoms with Crippen LogP contribution >= 0.6 is 11.6 Å². The van der Waals surface area contributed by atoms with E-state index in [1.54, 1.807) is 7.05 Å². The van der Waals surface area contributed by atoms with E-state index in [4.69, 9.17) is 11.6 Å². The Balaban J connectivity index is 3.19. The van der Waals surface area contributed by atoms with Crippen molar-refractivity contribution >= 4 is 23.2 Å². The lowest BCUT2D eigenvalue weighted by Gasteiger charge is -2.23. The first-order valence-electron chi connectivity index (χ1n) is 5.45. The molecule has 6 nitrogen and oxygen atoms in total. The lowest BCUT2D eigenvalue weighted by atomic mass is 10.1. The van der Waals surface area contributed by atoms with E-state index in [1.807, 2.05) is 13.8 Å². The number of pyridine rings is 1. The maximum absolute atomic E-state index is 12.2. The molecule has 0 spiro atoms. The second-order valence-electron chi connectivity index (χ2n) is 3.95. The molecule has 1 aromatic heterocycles. The standard InChI is InChI=1S/C11H14ClN3O3/c1-4-7(2)14(3)11(16)8-5-10(12)13-6-9(8)15(17)18/h5-7H,4H2,1-3H3. The van der Waals surface area contributed by atoms with Gasteiger partial charge in [0, 0.05) is 13.1 Å². The zero-order valence-electron chi connectivity index (χ0n) is 10.4. The van der Waals surface area contributed by atoms with Crippen molar-refractivity contribution in [2.45, 2.75) is 26.3 Å². The summed E-state index contributed by atoms with van der Waals surface area (Å²) in [4.78, 5) is 27.4. The van der Waals surface area contributed by atoms with Gasteiger partial charge < -0.3 is 4.90 Å². The van der Waals surface area contributed by atoms with Gasteiger partial charge in [0.1, 0.15) is 16.9 Å². The Bertz CT molecular complexity index is 479. The van der Waals surface area contributed by atoms with Gasteiger partial charge in [-0.2, -0.15) is 0 Å². The van der Waals surface area contributed by atoms with Crippen LogP contribution in [0.1, 0.15) is 30.6 Å².